The van der Waals surface area contributed by atoms with Crippen LogP contribution in [0.15, 0.2) is 0 Å². The Kier molecular flexibility index (Phi) is 71.3. The topological polar surface area (TPSA) is 95.9 Å². The summed E-state index contributed by atoms with van der Waals surface area (Å²) in [5.41, 5.74) is 0. The molecule has 82 heavy (non-hydrogen) atoms. The van der Waals surface area contributed by atoms with Gasteiger partial charge in [0.1, 0.15) is 0 Å². The van der Waals surface area contributed by atoms with Crippen LogP contribution in [0.4, 0.5) is 0 Å². The number of hydrogen-bond donors (Lipinski definition) is 3. The Labute approximate surface area is 515 Å². The van der Waals surface area contributed by atoms with Crippen molar-refractivity contribution >= 4 is 11.9 Å². The highest BCUT2D eigenvalue weighted by atomic mass is 16.5. The van der Waals surface area contributed by atoms with Crippen molar-refractivity contribution in [3.63, 3.8) is 0 Å². The van der Waals surface area contributed by atoms with Gasteiger partial charge in [0.15, 0.2) is 0 Å². The van der Waals surface area contributed by atoms with Gasteiger partial charge in [-0.25, -0.2) is 0 Å². The van der Waals surface area contributed by atoms with E-state index in [1.165, 1.54) is 379 Å². The SMILES string of the molecule is CCCCCCCCCCCCCCCCCCCCCCC(O)C(CO)NC(=O)CCCCCCCCCCCCCCCCCCCCCCCCCCCCOC(=O)CCCCCCCCCCCCCCCCCCCCC. The molecular weight excluding hydrogens is 1010 g/mol. The second-order valence-electron chi connectivity index (χ2n) is 26.7. The smallest absolute Gasteiger partial charge is 0.305 e. The Morgan fingerprint density at radius 3 is 0.744 bits per heavy atom. The molecule has 0 saturated heterocycles. The van der Waals surface area contributed by atoms with Crippen LogP contribution in [0, 0.1) is 0 Å². The van der Waals surface area contributed by atoms with Crippen LogP contribution < -0.4 is 5.32 Å². The Balaban J connectivity index is 3.33. The lowest BCUT2D eigenvalue weighted by Crippen LogP contribution is -2.45. The lowest BCUT2D eigenvalue weighted by Gasteiger charge is -2.22. The second-order valence-corrected chi connectivity index (χ2v) is 26.7. The summed E-state index contributed by atoms with van der Waals surface area (Å²) < 4.78 is 5.52. The molecule has 0 aromatic rings. The molecule has 0 fully saturated rings. The molecule has 0 aliphatic heterocycles. The molecule has 0 radical (unpaired) electrons. The van der Waals surface area contributed by atoms with E-state index in [4.69, 9.17) is 4.74 Å². The quantitative estimate of drug-likeness (QED) is 0.0417. The lowest BCUT2D eigenvalue weighted by molar-refractivity contribution is -0.143. The van der Waals surface area contributed by atoms with Gasteiger partial charge in [-0.3, -0.25) is 9.59 Å². The number of amides is 1. The first-order chi connectivity index (χ1) is 40.5. The van der Waals surface area contributed by atoms with Gasteiger partial charge in [-0.1, -0.05) is 412 Å². The number of esters is 1. The first kappa shape index (κ1) is 80.9. The second kappa shape index (κ2) is 72.3. The summed E-state index contributed by atoms with van der Waals surface area (Å²) in [7, 11) is 0. The molecular formula is C76H151NO5. The minimum atomic E-state index is -0.663. The van der Waals surface area contributed by atoms with E-state index in [9.17, 15) is 19.8 Å². The molecule has 0 heterocycles. The van der Waals surface area contributed by atoms with Gasteiger partial charge in [0.2, 0.25) is 5.91 Å². The number of aliphatic hydroxyl groups is 2. The third kappa shape index (κ3) is 68.0. The van der Waals surface area contributed by atoms with E-state index >= 15 is 0 Å². The number of carbonyl (C=O) groups is 2. The van der Waals surface area contributed by atoms with Crippen molar-refractivity contribution in [2.75, 3.05) is 13.2 Å². The van der Waals surface area contributed by atoms with Crippen LogP contribution in [0.3, 0.4) is 0 Å². The lowest BCUT2D eigenvalue weighted by atomic mass is 10.0. The van der Waals surface area contributed by atoms with Crippen molar-refractivity contribution in [3.05, 3.63) is 0 Å². The maximum absolute atomic E-state index is 12.6. The van der Waals surface area contributed by atoms with Crippen LogP contribution in [0.2, 0.25) is 0 Å². The molecule has 490 valence electrons. The van der Waals surface area contributed by atoms with Crippen LogP contribution in [0.25, 0.3) is 0 Å². The normalized spacial score (nSPS) is 12.4. The highest BCUT2D eigenvalue weighted by Gasteiger charge is 2.20. The fourth-order valence-corrected chi connectivity index (χ4v) is 12.6. The highest BCUT2D eigenvalue weighted by Crippen LogP contribution is 2.20. The van der Waals surface area contributed by atoms with E-state index in [2.05, 4.69) is 19.2 Å². The van der Waals surface area contributed by atoms with Gasteiger partial charge in [0.25, 0.3) is 0 Å². The molecule has 0 aliphatic rings. The molecule has 2 unspecified atom stereocenters. The number of hydrogen-bond acceptors (Lipinski definition) is 5. The van der Waals surface area contributed by atoms with Gasteiger partial charge in [0, 0.05) is 12.8 Å². The monoisotopic (exact) mass is 1160 g/mol. The molecule has 1 amide bonds. The Morgan fingerprint density at radius 1 is 0.293 bits per heavy atom. The third-order valence-corrected chi connectivity index (χ3v) is 18.4. The summed E-state index contributed by atoms with van der Waals surface area (Å²) in [6.45, 7) is 5.02. The fraction of sp³-hybridized carbons (Fsp3) is 0.974. The largest absolute Gasteiger partial charge is 0.466 e. The maximum atomic E-state index is 12.6. The van der Waals surface area contributed by atoms with Gasteiger partial charge in [-0.2, -0.15) is 0 Å². The number of rotatable bonds is 73. The van der Waals surface area contributed by atoms with Crippen LogP contribution in [0.1, 0.15) is 450 Å². The maximum Gasteiger partial charge on any atom is 0.305 e. The zero-order valence-corrected chi connectivity index (χ0v) is 56.3. The fourth-order valence-electron chi connectivity index (χ4n) is 12.6. The summed E-state index contributed by atoms with van der Waals surface area (Å²) in [5.74, 6) is -0.00322. The predicted molar refractivity (Wildman–Crippen MR) is 361 cm³/mol. The van der Waals surface area contributed by atoms with E-state index in [1.54, 1.807) is 0 Å². The van der Waals surface area contributed by atoms with Crippen molar-refractivity contribution < 1.29 is 24.5 Å². The average molecular weight is 1160 g/mol. The molecule has 0 spiro atoms. The van der Waals surface area contributed by atoms with E-state index < -0.39 is 12.1 Å². The van der Waals surface area contributed by atoms with Crippen LogP contribution in [-0.2, 0) is 14.3 Å². The molecule has 0 rings (SSSR count). The van der Waals surface area contributed by atoms with Gasteiger partial charge < -0.3 is 20.3 Å². The molecule has 3 N–H and O–H groups in total. The van der Waals surface area contributed by atoms with E-state index in [1.807, 2.05) is 0 Å². The third-order valence-electron chi connectivity index (χ3n) is 18.4. The molecule has 0 bridgehead atoms. The Hall–Kier alpha value is -1.14. The van der Waals surface area contributed by atoms with E-state index in [-0.39, 0.29) is 18.5 Å². The summed E-state index contributed by atoms with van der Waals surface area (Å²) in [4.78, 5) is 24.7. The highest BCUT2D eigenvalue weighted by molar-refractivity contribution is 5.76. The Morgan fingerprint density at radius 2 is 0.500 bits per heavy atom. The zero-order chi connectivity index (χ0) is 59.2. The Bertz CT molecular complexity index is 1200. The summed E-state index contributed by atoms with van der Waals surface area (Å²) in [6, 6.07) is -0.540. The van der Waals surface area contributed by atoms with Gasteiger partial charge in [-0.15, -0.1) is 0 Å². The molecule has 0 aromatic carbocycles. The minimum Gasteiger partial charge on any atom is -0.466 e. The van der Waals surface area contributed by atoms with E-state index in [0.29, 0.717) is 25.9 Å². The summed E-state index contributed by atoms with van der Waals surface area (Å²) in [5, 5.41) is 23.4. The number of carbonyl (C=O) groups excluding carboxylic acids is 2. The van der Waals surface area contributed by atoms with Crippen molar-refractivity contribution in [1.82, 2.24) is 5.32 Å². The van der Waals surface area contributed by atoms with Crippen molar-refractivity contribution in [2.45, 2.75) is 463 Å². The first-order valence-corrected chi connectivity index (χ1v) is 38.3. The first-order valence-electron chi connectivity index (χ1n) is 38.3. The van der Waals surface area contributed by atoms with Crippen LogP contribution in [-0.4, -0.2) is 47.4 Å². The zero-order valence-electron chi connectivity index (χ0n) is 56.3. The predicted octanol–water partition coefficient (Wildman–Crippen LogP) is 24.9. The molecule has 0 aliphatic carbocycles. The van der Waals surface area contributed by atoms with Gasteiger partial charge in [0.05, 0.1) is 25.4 Å². The number of nitrogens with one attached hydrogen (secondary N) is 1. The van der Waals surface area contributed by atoms with E-state index in [0.717, 1.165) is 38.5 Å². The number of unbranched alkanes of at least 4 members (excludes halogenated alkanes) is 62. The molecule has 0 saturated carbocycles. The van der Waals surface area contributed by atoms with Crippen molar-refractivity contribution in [3.8, 4) is 0 Å². The standard InChI is InChI=1S/C76H151NO5/c1-3-5-7-9-11-13-15-17-19-21-23-33-36-40-44-48-52-56-60-64-68-74(79)73(72-78)77-75(80)69-65-61-57-53-49-45-41-37-34-30-28-26-24-25-27-29-31-35-39-43-47-51-55-59-63-67-71-82-76(81)70-66-62-58-54-50-46-42-38-32-22-20-18-16-14-12-10-8-6-4-2/h73-74,78-79H,3-72H2,1-2H3,(H,77,80). The summed E-state index contributed by atoms with van der Waals surface area (Å²) in [6.07, 6.45) is 88.9. The van der Waals surface area contributed by atoms with Crippen molar-refractivity contribution in [2.24, 2.45) is 0 Å². The average Bonchev–Trinajstić information content (AvgIpc) is 3.48. The number of ether oxygens (including phenoxy) is 1. The van der Waals surface area contributed by atoms with Gasteiger partial charge >= 0.3 is 5.97 Å². The van der Waals surface area contributed by atoms with Crippen LogP contribution >= 0.6 is 0 Å². The molecule has 2 atom stereocenters. The minimum absolute atomic E-state index is 0.0238. The molecule has 6 nitrogen and oxygen atoms in total. The van der Waals surface area contributed by atoms with Crippen molar-refractivity contribution in [1.29, 1.82) is 0 Å². The number of aliphatic hydroxyl groups excluding tert-OH is 2. The molecule has 6 heteroatoms. The molecule has 0 aromatic heterocycles. The van der Waals surface area contributed by atoms with Crippen LogP contribution in [0.5, 0.6) is 0 Å². The van der Waals surface area contributed by atoms with Gasteiger partial charge in [-0.05, 0) is 25.7 Å². The summed E-state index contributed by atoms with van der Waals surface area (Å²) >= 11 is 0.